The zero-order valence-electron chi connectivity index (χ0n) is 17.5. The predicted octanol–water partition coefficient (Wildman–Crippen LogP) is 4.25. The van der Waals surface area contributed by atoms with Crippen molar-refractivity contribution in [3.8, 4) is 0 Å². The fourth-order valence-corrected chi connectivity index (χ4v) is 3.16. The number of hydrogen-bond acceptors (Lipinski definition) is 8. The molecule has 0 aliphatic carbocycles. The van der Waals surface area contributed by atoms with Gasteiger partial charge in [-0.2, -0.15) is 20.1 Å². The molecular weight excluding hydrogens is 414 g/mol. The van der Waals surface area contributed by atoms with Gasteiger partial charge in [-0.25, -0.2) is 5.43 Å². The molecule has 9 heteroatoms. The second-order valence-electron chi connectivity index (χ2n) is 7.19. The molecule has 2 heterocycles. The Morgan fingerprint density at radius 2 is 1.65 bits per heavy atom. The fourth-order valence-electron chi connectivity index (χ4n) is 3.03. The lowest BCUT2D eigenvalue weighted by atomic mass is 10.1. The minimum atomic E-state index is 0.361. The van der Waals surface area contributed by atoms with Gasteiger partial charge in [-0.3, -0.25) is 0 Å². The molecule has 1 aliphatic heterocycles. The van der Waals surface area contributed by atoms with Gasteiger partial charge in [0.2, 0.25) is 17.8 Å². The van der Waals surface area contributed by atoms with Gasteiger partial charge in [0.15, 0.2) is 0 Å². The van der Waals surface area contributed by atoms with Crippen LogP contribution in [0.25, 0.3) is 0 Å². The van der Waals surface area contributed by atoms with Crippen LogP contribution in [0.2, 0.25) is 5.02 Å². The molecule has 0 amide bonds. The van der Waals surface area contributed by atoms with E-state index < -0.39 is 0 Å². The van der Waals surface area contributed by atoms with Crippen LogP contribution in [0.3, 0.4) is 0 Å². The first-order valence-corrected chi connectivity index (χ1v) is 10.4. The van der Waals surface area contributed by atoms with Gasteiger partial charge in [-0.15, -0.1) is 0 Å². The van der Waals surface area contributed by atoms with Crippen molar-refractivity contribution in [2.75, 3.05) is 41.9 Å². The number of ether oxygens (including phenoxy) is 1. The summed E-state index contributed by atoms with van der Waals surface area (Å²) in [6.45, 7) is 6.69. The number of aromatic nitrogens is 3. The molecule has 0 unspecified atom stereocenters. The first-order valence-electron chi connectivity index (χ1n) is 10.1. The van der Waals surface area contributed by atoms with Crippen LogP contribution in [0.5, 0.6) is 0 Å². The standard InChI is InChI=1S/C22H24ClN7O/c1-15-3-9-19(10-4-15)24-20-25-21(27-22(26-20)30-11-13-31-14-12-30)29-28-16(2)17-5-7-18(23)8-6-17/h3-10H,11-14H2,1-2H3,(H2,24,25,26,27,29)/b28-16-. The van der Waals surface area contributed by atoms with E-state index in [-0.39, 0.29) is 0 Å². The number of anilines is 4. The summed E-state index contributed by atoms with van der Waals surface area (Å²) >= 11 is 5.97. The molecule has 4 rings (SSSR count). The van der Waals surface area contributed by atoms with Gasteiger partial charge in [0.25, 0.3) is 0 Å². The van der Waals surface area contributed by atoms with Crippen LogP contribution in [0.4, 0.5) is 23.5 Å². The maximum atomic E-state index is 5.97. The van der Waals surface area contributed by atoms with Crippen molar-refractivity contribution < 1.29 is 4.74 Å². The summed E-state index contributed by atoms with van der Waals surface area (Å²) in [6, 6.07) is 15.5. The molecule has 0 spiro atoms. The van der Waals surface area contributed by atoms with Gasteiger partial charge < -0.3 is 15.0 Å². The minimum absolute atomic E-state index is 0.361. The van der Waals surface area contributed by atoms with E-state index in [0.717, 1.165) is 30.1 Å². The Labute approximate surface area is 186 Å². The third-order valence-electron chi connectivity index (χ3n) is 4.81. The molecule has 3 aromatic rings. The maximum Gasteiger partial charge on any atom is 0.250 e. The third-order valence-corrected chi connectivity index (χ3v) is 5.06. The highest BCUT2D eigenvalue weighted by molar-refractivity contribution is 6.30. The van der Waals surface area contributed by atoms with E-state index in [9.17, 15) is 0 Å². The van der Waals surface area contributed by atoms with E-state index in [4.69, 9.17) is 16.3 Å². The summed E-state index contributed by atoms with van der Waals surface area (Å²) in [5, 5.41) is 8.38. The van der Waals surface area contributed by atoms with Crippen LogP contribution in [0.15, 0.2) is 53.6 Å². The Hall–Kier alpha value is -3.23. The van der Waals surface area contributed by atoms with Crippen LogP contribution >= 0.6 is 11.6 Å². The van der Waals surface area contributed by atoms with Gasteiger partial charge in [-0.1, -0.05) is 41.4 Å². The van der Waals surface area contributed by atoms with E-state index in [0.29, 0.717) is 36.1 Å². The lowest BCUT2D eigenvalue weighted by molar-refractivity contribution is 0.122. The smallest absolute Gasteiger partial charge is 0.250 e. The number of nitrogens with one attached hydrogen (secondary N) is 2. The van der Waals surface area contributed by atoms with Crippen molar-refractivity contribution in [3.05, 3.63) is 64.7 Å². The lowest BCUT2D eigenvalue weighted by Gasteiger charge is -2.27. The van der Waals surface area contributed by atoms with Crippen molar-refractivity contribution in [1.29, 1.82) is 0 Å². The molecule has 2 N–H and O–H groups in total. The molecular formula is C22H24ClN7O. The highest BCUT2D eigenvalue weighted by atomic mass is 35.5. The lowest BCUT2D eigenvalue weighted by Crippen LogP contribution is -2.37. The van der Waals surface area contributed by atoms with E-state index in [1.54, 1.807) is 0 Å². The van der Waals surface area contributed by atoms with Crippen LogP contribution < -0.4 is 15.6 Å². The number of benzene rings is 2. The summed E-state index contributed by atoms with van der Waals surface area (Å²) in [4.78, 5) is 15.7. The van der Waals surface area contributed by atoms with E-state index >= 15 is 0 Å². The number of hydrazone groups is 1. The van der Waals surface area contributed by atoms with E-state index in [1.165, 1.54) is 5.56 Å². The van der Waals surface area contributed by atoms with Crippen LogP contribution in [-0.2, 0) is 4.74 Å². The SMILES string of the molecule is C/C(=N/Nc1nc(Nc2ccc(C)cc2)nc(N2CCOCC2)n1)c1ccc(Cl)cc1. The van der Waals surface area contributed by atoms with Crippen molar-refractivity contribution in [3.63, 3.8) is 0 Å². The van der Waals surface area contributed by atoms with Gasteiger partial charge in [0.1, 0.15) is 0 Å². The monoisotopic (exact) mass is 437 g/mol. The number of halogens is 1. The zero-order chi connectivity index (χ0) is 21.6. The summed E-state index contributed by atoms with van der Waals surface area (Å²) in [5.74, 6) is 1.39. The molecule has 1 saturated heterocycles. The first kappa shape index (κ1) is 21.0. The fraction of sp³-hybridized carbons (Fsp3) is 0.273. The molecule has 0 bridgehead atoms. The molecule has 2 aromatic carbocycles. The summed E-state index contributed by atoms with van der Waals surface area (Å²) in [6.07, 6.45) is 0. The third kappa shape index (κ3) is 5.68. The topological polar surface area (TPSA) is 87.6 Å². The molecule has 0 radical (unpaired) electrons. The van der Waals surface area contributed by atoms with Crippen LogP contribution in [-0.4, -0.2) is 47.0 Å². The number of nitrogens with zero attached hydrogens (tertiary/aromatic N) is 5. The van der Waals surface area contributed by atoms with Crippen molar-refractivity contribution in [2.45, 2.75) is 13.8 Å². The largest absolute Gasteiger partial charge is 0.378 e. The molecule has 160 valence electrons. The van der Waals surface area contributed by atoms with E-state index in [2.05, 4.69) is 35.7 Å². The Morgan fingerprint density at radius 3 is 2.35 bits per heavy atom. The number of hydrogen-bond donors (Lipinski definition) is 2. The summed E-state index contributed by atoms with van der Waals surface area (Å²) in [5.41, 5.74) is 6.80. The second kappa shape index (κ2) is 9.72. The Morgan fingerprint density at radius 1 is 0.968 bits per heavy atom. The average molecular weight is 438 g/mol. The number of morpholine rings is 1. The van der Waals surface area contributed by atoms with Gasteiger partial charge in [0, 0.05) is 23.8 Å². The zero-order valence-corrected chi connectivity index (χ0v) is 18.2. The number of rotatable bonds is 6. The summed E-state index contributed by atoms with van der Waals surface area (Å²) < 4.78 is 5.45. The average Bonchev–Trinajstić information content (AvgIpc) is 2.80. The molecule has 31 heavy (non-hydrogen) atoms. The molecule has 1 aliphatic rings. The second-order valence-corrected chi connectivity index (χ2v) is 7.63. The van der Waals surface area contributed by atoms with Crippen molar-refractivity contribution in [1.82, 2.24) is 15.0 Å². The maximum absolute atomic E-state index is 5.97. The Kier molecular flexibility index (Phi) is 6.59. The quantitative estimate of drug-likeness (QED) is 0.440. The highest BCUT2D eigenvalue weighted by Crippen LogP contribution is 2.19. The number of aryl methyl sites for hydroxylation is 1. The van der Waals surface area contributed by atoms with Gasteiger partial charge in [-0.05, 0) is 43.7 Å². The molecule has 1 fully saturated rings. The molecule has 0 atom stereocenters. The van der Waals surface area contributed by atoms with Gasteiger partial charge >= 0.3 is 0 Å². The molecule has 0 saturated carbocycles. The highest BCUT2D eigenvalue weighted by Gasteiger charge is 2.17. The Balaban J connectivity index is 1.59. The first-order chi connectivity index (χ1) is 15.1. The molecule has 1 aromatic heterocycles. The van der Waals surface area contributed by atoms with Gasteiger partial charge in [0.05, 0.1) is 18.9 Å². The normalized spacial score (nSPS) is 14.4. The minimum Gasteiger partial charge on any atom is -0.378 e. The molecule has 8 nitrogen and oxygen atoms in total. The van der Waals surface area contributed by atoms with Crippen LogP contribution in [0.1, 0.15) is 18.1 Å². The van der Waals surface area contributed by atoms with E-state index in [1.807, 2.05) is 62.4 Å². The van der Waals surface area contributed by atoms with Crippen molar-refractivity contribution in [2.24, 2.45) is 5.10 Å². The van der Waals surface area contributed by atoms with Crippen molar-refractivity contribution >= 4 is 40.8 Å². The summed E-state index contributed by atoms with van der Waals surface area (Å²) in [7, 11) is 0. The Bertz CT molecular complexity index is 1050. The van der Waals surface area contributed by atoms with Crippen LogP contribution in [0, 0.1) is 6.92 Å². The predicted molar refractivity (Wildman–Crippen MR) is 125 cm³/mol.